The fourth-order valence-corrected chi connectivity index (χ4v) is 8.74. The number of ether oxygens (including phenoxy) is 3. The monoisotopic (exact) mass is 701 g/mol. The van der Waals surface area contributed by atoms with E-state index >= 15 is 0 Å². The van der Waals surface area contributed by atoms with Crippen LogP contribution in [-0.4, -0.2) is 59.8 Å². The summed E-state index contributed by atoms with van der Waals surface area (Å²) < 4.78 is 17.0. The van der Waals surface area contributed by atoms with Crippen molar-refractivity contribution in [1.82, 2.24) is 4.57 Å². The van der Waals surface area contributed by atoms with Crippen LogP contribution in [0.3, 0.4) is 0 Å². The summed E-state index contributed by atoms with van der Waals surface area (Å²) in [6.45, 7) is 3.49. The molecule has 3 atom stereocenters. The number of hydrogen-bond donors (Lipinski definition) is 1. The SMILES string of the molecule is CCOC(=O)c1ccc(NC(=O)Cn2c3c(sc2=O)C(c2ccccc2OC)C2C(=O)N(c4ccc(C(=O)OCC)cc4)C(=O)C2S3)cc1. The highest BCUT2D eigenvalue weighted by Crippen LogP contribution is 2.55. The Bertz CT molecular complexity index is 2000. The molecule has 3 aromatic carbocycles. The van der Waals surface area contributed by atoms with Gasteiger partial charge in [0, 0.05) is 22.0 Å². The smallest absolute Gasteiger partial charge is 0.338 e. The molecule has 1 aromatic heterocycles. The first-order valence-electron chi connectivity index (χ1n) is 15.4. The lowest BCUT2D eigenvalue weighted by atomic mass is 9.82. The van der Waals surface area contributed by atoms with Crippen LogP contribution in [0.5, 0.6) is 5.75 Å². The molecule has 0 bridgehead atoms. The average molecular weight is 702 g/mol. The van der Waals surface area contributed by atoms with E-state index in [-0.39, 0.29) is 25.3 Å². The lowest BCUT2D eigenvalue weighted by Crippen LogP contribution is -2.33. The fraction of sp³-hybridized carbons (Fsp3) is 0.257. The van der Waals surface area contributed by atoms with Crippen LogP contribution in [0.25, 0.3) is 0 Å². The molecule has 0 radical (unpaired) electrons. The van der Waals surface area contributed by atoms with Crippen molar-refractivity contribution in [2.45, 2.75) is 36.6 Å². The van der Waals surface area contributed by atoms with Gasteiger partial charge in [-0.1, -0.05) is 41.3 Å². The first-order chi connectivity index (χ1) is 23.7. The van der Waals surface area contributed by atoms with E-state index in [0.717, 1.165) is 28.0 Å². The third-order valence-electron chi connectivity index (χ3n) is 8.14. The maximum atomic E-state index is 14.2. The van der Waals surface area contributed by atoms with Crippen LogP contribution in [0.1, 0.15) is 50.9 Å². The number of esters is 2. The van der Waals surface area contributed by atoms with Gasteiger partial charge < -0.3 is 19.5 Å². The summed E-state index contributed by atoms with van der Waals surface area (Å²) in [6.07, 6.45) is 0. The summed E-state index contributed by atoms with van der Waals surface area (Å²) in [6, 6.07) is 19.3. The minimum atomic E-state index is -0.918. The van der Waals surface area contributed by atoms with Gasteiger partial charge in [0.2, 0.25) is 17.7 Å². The first-order valence-corrected chi connectivity index (χ1v) is 17.1. The van der Waals surface area contributed by atoms with Crippen molar-refractivity contribution in [3.63, 3.8) is 0 Å². The van der Waals surface area contributed by atoms with E-state index in [1.807, 2.05) is 0 Å². The Balaban J connectivity index is 1.34. The maximum absolute atomic E-state index is 14.2. The fourth-order valence-electron chi connectivity index (χ4n) is 5.98. The topological polar surface area (TPSA) is 150 Å². The number of thioether (sulfide) groups is 1. The quantitative estimate of drug-likeness (QED) is 0.182. The molecule has 14 heteroatoms. The summed E-state index contributed by atoms with van der Waals surface area (Å²) in [5, 5.41) is 2.25. The van der Waals surface area contributed by atoms with Crippen LogP contribution in [0.4, 0.5) is 11.4 Å². The molecule has 1 N–H and O–H groups in total. The van der Waals surface area contributed by atoms with E-state index in [4.69, 9.17) is 14.2 Å². The van der Waals surface area contributed by atoms with E-state index < -0.39 is 51.6 Å². The van der Waals surface area contributed by atoms with Gasteiger partial charge in [-0.05, 0) is 68.4 Å². The van der Waals surface area contributed by atoms with Gasteiger partial charge in [0.15, 0.2) is 0 Å². The Kier molecular flexibility index (Phi) is 9.69. The van der Waals surface area contributed by atoms with Crippen LogP contribution in [0.15, 0.2) is 82.6 Å². The number of nitrogens with one attached hydrogen (secondary N) is 1. The van der Waals surface area contributed by atoms with Crippen LogP contribution in [0, 0.1) is 5.92 Å². The summed E-state index contributed by atoms with van der Waals surface area (Å²) in [5.41, 5.74) is 1.95. The van der Waals surface area contributed by atoms with Gasteiger partial charge in [0.05, 0.1) is 48.1 Å². The number of carbonyl (C=O) groups is 5. The average Bonchev–Trinajstić information content (AvgIpc) is 3.54. The van der Waals surface area contributed by atoms with Crippen molar-refractivity contribution in [3.8, 4) is 5.75 Å². The van der Waals surface area contributed by atoms with Gasteiger partial charge in [0.25, 0.3) is 0 Å². The van der Waals surface area contributed by atoms with Crippen molar-refractivity contribution in [1.29, 1.82) is 0 Å². The highest BCUT2D eigenvalue weighted by atomic mass is 32.2. The lowest BCUT2D eigenvalue weighted by Gasteiger charge is -2.31. The Morgan fingerprint density at radius 3 is 2.04 bits per heavy atom. The number of carbonyl (C=O) groups excluding carboxylic acids is 5. The molecule has 3 unspecified atom stereocenters. The van der Waals surface area contributed by atoms with Gasteiger partial charge in [-0.2, -0.15) is 0 Å². The highest BCUT2D eigenvalue weighted by molar-refractivity contribution is 8.00. The second-order valence-corrected chi connectivity index (χ2v) is 13.2. The van der Waals surface area contributed by atoms with Crippen LogP contribution in [0.2, 0.25) is 0 Å². The van der Waals surface area contributed by atoms with Crippen molar-refractivity contribution < 1.29 is 38.2 Å². The number of benzene rings is 3. The third-order valence-corrected chi connectivity index (χ3v) is 10.7. The van der Waals surface area contributed by atoms with Crippen molar-refractivity contribution in [2.75, 3.05) is 30.5 Å². The third kappa shape index (κ3) is 6.36. The number of imide groups is 1. The molecular formula is C35H31N3O9S2. The number of hydrogen-bond acceptors (Lipinski definition) is 11. The Hall–Kier alpha value is -5.21. The molecule has 49 heavy (non-hydrogen) atoms. The Morgan fingerprint density at radius 1 is 0.816 bits per heavy atom. The van der Waals surface area contributed by atoms with Gasteiger partial charge in [-0.3, -0.25) is 23.7 Å². The zero-order chi connectivity index (χ0) is 34.8. The van der Waals surface area contributed by atoms with Crippen molar-refractivity contribution >= 4 is 64.1 Å². The number of amides is 3. The molecule has 2 aliphatic rings. The molecule has 12 nitrogen and oxygen atoms in total. The Morgan fingerprint density at radius 2 is 1.43 bits per heavy atom. The number of nitrogens with zero attached hydrogens (tertiary/aromatic N) is 2. The molecule has 0 spiro atoms. The zero-order valence-electron chi connectivity index (χ0n) is 26.7. The lowest BCUT2D eigenvalue weighted by molar-refractivity contribution is -0.122. The highest BCUT2D eigenvalue weighted by Gasteiger charge is 2.57. The van der Waals surface area contributed by atoms with E-state index in [1.54, 1.807) is 50.2 Å². The number of fused-ring (bicyclic) bond motifs is 2. The molecule has 0 saturated carbocycles. The summed E-state index contributed by atoms with van der Waals surface area (Å²) in [4.78, 5) is 80.5. The summed E-state index contributed by atoms with van der Waals surface area (Å²) >= 11 is 2.01. The summed E-state index contributed by atoms with van der Waals surface area (Å²) in [5.74, 6) is -3.56. The largest absolute Gasteiger partial charge is 0.496 e. The number of methoxy groups -OCH3 is 1. The molecule has 2 aliphatic heterocycles. The second kappa shape index (κ2) is 14.1. The van der Waals surface area contributed by atoms with E-state index in [0.29, 0.717) is 38.2 Å². The normalized spacial score (nSPS) is 18.0. The van der Waals surface area contributed by atoms with Gasteiger partial charge in [0.1, 0.15) is 17.5 Å². The predicted octanol–water partition coefficient (Wildman–Crippen LogP) is 4.71. The summed E-state index contributed by atoms with van der Waals surface area (Å²) in [7, 11) is 1.51. The van der Waals surface area contributed by atoms with E-state index in [9.17, 15) is 28.8 Å². The maximum Gasteiger partial charge on any atom is 0.338 e. The number of anilines is 2. The second-order valence-electron chi connectivity index (χ2n) is 11.0. The Labute approximate surface area is 289 Å². The molecule has 252 valence electrons. The molecule has 0 aliphatic carbocycles. The standard InChI is InChI=1S/C35H31N3O9S2/c1-4-46-33(42)19-10-14-21(15-11-19)36-25(39)18-37-32-29(49-35(37)44)26(23-8-6-7-9-24(23)45-3)27-28(48-32)31(41)38(30(27)40)22-16-12-20(13-17-22)34(43)47-5-2/h6-17,26-28H,4-5,18H2,1-3H3,(H,36,39). The van der Waals surface area contributed by atoms with Crippen LogP contribution in [-0.2, 0) is 30.4 Å². The van der Waals surface area contributed by atoms with Gasteiger partial charge in [-0.25, -0.2) is 14.5 Å². The van der Waals surface area contributed by atoms with Gasteiger partial charge in [-0.15, -0.1) is 0 Å². The van der Waals surface area contributed by atoms with Crippen LogP contribution >= 0.6 is 23.1 Å². The van der Waals surface area contributed by atoms with Crippen molar-refractivity contribution in [3.05, 3.63) is 104 Å². The van der Waals surface area contributed by atoms with E-state index in [1.165, 1.54) is 48.1 Å². The minimum Gasteiger partial charge on any atom is -0.496 e. The first kappa shape index (κ1) is 33.7. The van der Waals surface area contributed by atoms with Gasteiger partial charge >= 0.3 is 16.8 Å². The molecule has 1 saturated heterocycles. The number of rotatable bonds is 10. The molecular weight excluding hydrogens is 671 g/mol. The number of aromatic nitrogens is 1. The molecule has 3 heterocycles. The van der Waals surface area contributed by atoms with Crippen molar-refractivity contribution in [2.24, 2.45) is 5.92 Å². The molecule has 4 aromatic rings. The zero-order valence-corrected chi connectivity index (χ0v) is 28.3. The molecule has 3 amide bonds. The van der Waals surface area contributed by atoms with Crippen LogP contribution < -0.4 is 19.8 Å². The molecule has 1 fully saturated rings. The number of para-hydroxylation sites is 1. The minimum absolute atomic E-state index is 0.204. The molecule has 6 rings (SSSR count). The van der Waals surface area contributed by atoms with E-state index in [2.05, 4.69) is 5.32 Å². The number of thiazole rings is 1. The predicted molar refractivity (Wildman–Crippen MR) is 182 cm³/mol.